The van der Waals surface area contributed by atoms with Crippen LogP contribution in [-0.4, -0.2) is 30.6 Å². The van der Waals surface area contributed by atoms with E-state index in [9.17, 15) is 4.79 Å². The first-order valence-corrected chi connectivity index (χ1v) is 10.3. The van der Waals surface area contributed by atoms with Crippen molar-refractivity contribution in [1.29, 1.82) is 0 Å². The summed E-state index contributed by atoms with van der Waals surface area (Å²) in [6.45, 7) is 2.88. The smallest absolute Gasteiger partial charge is 0.204 e. The molecule has 0 unspecified atom stereocenters. The molecule has 0 radical (unpaired) electrons. The van der Waals surface area contributed by atoms with Gasteiger partial charge in [-0.1, -0.05) is 78.9 Å². The van der Waals surface area contributed by atoms with Gasteiger partial charge in [0.05, 0.1) is 11.3 Å². The average molecular weight is 407 g/mol. The Hall–Kier alpha value is -4.06. The van der Waals surface area contributed by atoms with Crippen molar-refractivity contribution >= 4 is 16.7 Å². The van der Waals surface area contributed by atoms with Crippen molar-refractivity contribution in [2.24, 2.45) is 0 Å². The van der Waals surface area contributed by atoms with Crippen LogP contribution in [0.4, 0.5) is 0 Å². The number of hydrogen-bond acceptors (Lipinski definition) is 4. The van der Waals surface area contributed by atoms with E-state index in [2.05, 4.69) is 33.0 Å². The third-order valence-corrected chi connectivity index (χ3v) is 5.38. The number of carbonyl (C=O) groups is 1. The minimum atomic E-state index is -0.0423. The van der Waals surface area contributed by atoms with E-state index < -0.39 is 0 Å². The number of nitrogens with zero attached hydrogens (tertiary/aromatic N) is 5. The highest BCUT2D eigenvalue weighted by Gasteiger charge is 2.23. The van der Waals surface area contributed by atoms with E-state index in [4.69, 9.17) is 0 Å². The summed E-state index contributed by atoms with van der Waals surface area (Å²) < 4.78 is 2.20. The summed E-state index contributed by atoms with van der Waals surface area (Å²) >= 11 is 0. The van der Waals surface area contributed by atoms with Crippen LogP contribution in [0.15, 0.2) is 84.9 Å². The van der Waals surface area contributed by atoms with Gasteiger partial charge in [-0.3, -0.25) is 4.79 Å². The molecule has 0 fully saturated rings. The minimum absolute atomic E-state index is 0.0252. The number of aromatic nitrogens is 5. The van der Waals surface area contributed by atoms with Crippen molar-refractivity contribution < 1.29 is 4.79 Å². The number of Topliss-reactive ketones (excluding diaryl/α,β-unsaturated/α-hetero) is 1. The highest BCUT2D eigenvalue weighted by molar-refractivity contribution is 6.13. The summed E-state index contributed by atoms with van der Waals surface area (Å²) in [4.78, 5) is 14.9. The van der Waals surface area contributed by atoms with Crippen molar-refractivity contribution in [3.05, 3.63) is 90.5 Å². The standard InChI is InChI=1S/C25H21N5O/c1-2-29-21-16-10-9-15-20(21)23(24(29)18-11-5-3-6-12-18)22(31)17-30-27-25(26-28-30)19-13-7-4-8-14-19/h3-16H,2,17H2,1H3. The number of aryl methyl sites for hydroxylation is 1. The highest BCUT2D eigenvalue weighted by Crippen LogP contribution is 2.34. The molecular formula is C25H21N5O. The second-order valence-electron chi connectivity index (χ2n) is 7.28. The van der Waals surface area contributed by atoms with Gasteiger partial charge in [0.25, 0.3) is 0 Å². The summed E-state index contributed by atoms with van der Waals surface area (Å²) in [6, 6.07) is 27.7. The van der Waals surface area contributed by atoms with Crippen molar-refractivity contribution in [3.8, 4) is 22.6 Å². The minimum Gasteiger partial charge on any atom is -0.340 e. The Morgan fingerprint density at radius 2 is 1.48 bits per heavy atom. The molecule has 0 saturated carbocycles. The van der Waals surface area contributed by atoms with Crippen LogP contribution in [0, 0.1) is 0 Å². The molecule has 3 aromatic carbocycles. The molecule has 0 saturated heterocycles. The van der Waals surface area contributed by atoms with Gasteiger partial charge in [-0.2, -0.15) is 4.80 Å². The van der Waals surface area contributed by atoms with Crippen LogP contribution in [0.25, 0.3) is 33.5 Å². The van der Waals surface area contributed by atoms with E-state index in [0.717, 1.165) is 34.3 Å². The Morgan fingerprint density at radius 1 is 0.839 bits per heavy atom. The Labute approximate surface area is 179 Å². The van der Waals surface area contributed by atoms with E-state index in [1.54, 1.807) is 0 Å². The molecule has 31 heavy (non-hydrogen) atoms. The Bertz CT molecular complexity index is 1350. The molecule has 0 atom stereocenters. The lowest BCUT2D eigenvalue weighted by Gasteiger charge is -2.10. The fourth-order valence-corrected chi connectivity index (χ4v) is 4.03. The fraction of sp³-hybridized carbons (Fsp3) is 0.120. The number of tetrazole rings is 1. The molecule has 0 amide bonds. The lowest BCUT2D eigenvalue weighted by atomic mass is 10.0. The van der Waals surface area contributed by atoms with E-state index in [0.29, 0.717) is 11.4 Å². The third kappa shape index (κ3) is 3.42. The molecule has 5 rings (SSSR count). The molecular weight excluding hydrogens is 386 g/mol. The first-order chi connectivity index (χ1) is 15.3. The summed E-state index contributed by atoms with van der Waals surface area (Å²) in [5.41, 5.74) is 4.55. The second kappa shape index (κ2) is 7.99. The average Bonchev–Trinajstić information content (AvgIpc) is 3.42. The lowest BCUT2D eigenvalue weighted by Crippen LogP contribution is -2.14. The first kappa shape index (κ1) is 18.9. The zero-order chi connectivity index (χ0) is 21.2. The zero-order valence-corrected chi connectivity index (χ0v) is 17.1. The van der Waals surface area contributed by atoms with Crippen LogP contribution in [-0.2, 0) is 13.1 Å². The molecule has 2 heterocycles. The van der Waals surface area contributed by atoms with Crippen molar-refractivity contribution in [2.45, 2.75) is 20.0 Å². The number of benzene rings is 3. The number of para-hydroxylation sites is 1. The molecule has 0 aliphatic heterocycles. The van der Waals surface area contributed by atoms with Crippen LogP contribution in [0.1, 0.15) is 17.3 Å². The maximum absolute atomic E-state index is 13.6. The van der Waals surface area contributed by atoms with Crippen molar-refractivity contribution in [3.63, 3.8) is 0 Å². The van der Waals surface area contributed by atoms with Crippen molar-refractivity contribution in [2.75, 3.05) is 0 Å². The van der Waals surface area contributed by atoms with Crippen LogP contribution in [0.3, 0.4) is 0 Å². The molecule has 2 aromatic heterocycles. The summed E-state index contributed by atoms with van der Waals surface area (Å²) in [5.74, 6) is 0.465. The van der Waals surface area contributed by atoms with Gasteiger partial charge in [0.15, 0.2) is 5.78 Å². The first-order valence-electron chi connectivity index (χ1n) is 10.3. The van der Waals surface area contributed by atoms with E-state index in [1.807, 2.05) is 78.9 Å². The van der Waals surface area contributed by atoms with Crippen LogP contribution < -0.4 is 0 Å². The SMILES string of the molecule is CCn1c(-c2ccccc2)c(C(=O)Cn2nnc(-c3ccccc3)n2)c2ccccc21. The maximum Gasteiger partial charge on any atom is 0.204 e. The molecule has 6 heteroatoms. The van der Waals surface area contributed by atoms with Gasteiger partial charge < -0.3 is 4.57 Å². The predicted octanol–water partition coefficient (Wildman–Crippen LogP) is 4.86. The quantitative estimate of drug-likeness (QED) is 0.377. The normalized spacial score (nSPS) is 11.1. The molecule has 0 aliphatic rings. The summed E-state index contributed by atoms with van der Waals surface area (Å²) in [6.07, 6.45) is 0. The number of fused-ring (bicyclic) bond motifs is 1. The van der Waals surface area contributed by atoms with Gasteiger partial charge in [0.1, 0.15) is 6.54 Å². The van der Waals surface area contributed by atoms with Gasteiger partial charge in [-0.05, 0) is 23.8 Å². The number of ketones is 1. The van der Waals surface area contributed by atoms with Crippen LogP contribution >= 0.6 is 0 Å². The van der Waals surface area contributed by atoms with E-state index in [-0.39, 0.29) is 12.3 Å². The van der Waals surface area contributed by atoms with E-state index >= 15 is 0 Å². The van der Waals surface area contributed by atoms with Gasteiger partial charge >= 0.3 is 0 Å². The molecule has 6 nitrogen and oxygen atoms in total. The second-order valence-corrected chi connectivity index (χ2v) is 7.28. The van der Waals surface area contributed by atoms with Crippen LogP contribution in [0.5, 0.6) is 0 Å². The molecule has 5 aromatic rings. The Kier molecular flexibility index (Phi) is 4.88. The summed E-state index contributed by atoms with van der Waals surface area (Å²) in [5, 5.41) is 13.6. The maximum atomic E-state index is 13.6. The number of hydrogen-bond donors (Lipinski definition) is 0. The molecule has 152 valence electrons. The topological polar surface area (TPSA) is 65.6 Å². The van der Waals surface area contributed by atoms with Crippen LogP contribution in [0.2, 0.25) is 0 Å². The Morgan fingerprint density at radius 3 is 2.19 bits per heavy atom. The summed E-state index contributed by atoms with van der Waals surface area (Å²) in [7, 11) is 0. The van der Waals surface area contributed by atoms with Gasteiger partial charge in [0.2, 0.25) is 5.82 Å². The van der Waals surface area contributed by atoms with Gasteiger partial charge in [-0.15, -0.1) is 10.2 Å². The zero-order valence-electron chi connectivity index (χ0n) is 17.1. The molecule has 0 aliphatic carbocycles. The number of carbonyl (C=O) groups excluding carboxylic acids is 1. The predicted molar refractivity (Wildman–Crippen MR) is 121 cm³/mol. The molecule has 0 bridgehead atoms. The van der Waals surface area contributed by atoms with Gasteiger partial charge in [0, 0.05) is 23.0 Å². The number of rotatable bonds is 6. The Balaban J connectivity index is 1.59. The van der Waals surface area contributed by atoms with E-state index in [1.165, 1.54) is 4.80 Å². The highest BCUT2D eigenvalue weighted by atomic mass is 16.1. The van der Waals surface area contributed by atoms with Crippen molar-refractivity contribution in [1.82, 2.24) is 24.8 Å². The molecule has 0 spiro atoms. The molecule has 0 N–H and O–H groups in total. The van der Waals surface area contributed by atoms with Gasteiger partial charge in [-0.25, -0.2) is 0 Å². The fourth-order valence-electron chi connectivity index (χ4n) is 4.03. The monoisotopic (exact) mass is 407 g/mol. The largest absolute Gasteiger partial charge is 0.340 e. The lowest BCUT2D eigenvalue weighted by molar-refractivity contribution is 0.0963. The third-order valence-electron chi connectivity index (χ3n) is 5.38.